The van der Waals surface area contributed by atoms with Crippen molar-refractivity contribution in [1.29, 1.82) is 0 Å². The van der Waals surface area contributed by atoms with Crippen molar-refractivity contribution in [3.8, 4) is 0 Å². The molecule has 3 rings (SSSR count). The number of alkyl halides is 1. The molecule has 4 heteroatoms. The Kier molecular flexibility index (Phi) is 3.81. The van der Waals surface area contributed by atoms with Crippen LogP contribution >= 0.6 is 27.5 Å². The second kappa shape index (κ2) is 5.58. The van der Waals surface area contributed by atoms with Crippen LogP contribution in [0.3, 0.4) is 0 Å². The molecule has 0 fully saturated rings. The highest BCUT2D eigenvalue weighted by Gasteiger charge is 2.16. The molecule has 0 bridgehead atoms. The molecule has 1 unspecified atom stereocenters. The van der Waals surface area contributed by atoms with Gasteiger partial charge in [-0.25, -0.2) is 4.98 Å². The Labute approximate surface area is 130 Å². The highest BCUT2D eigenvalue weighted by Crippen LogP contribution is 2.34. The molecule has 2 aromatic carbocycles. The summed E-state index contributed by atoms with van der Waals surface area (Å²) in [5.74, 6) is 0.714. The van der Waals surface area contributed by atoms with Gasteiger partial charge in [-0.3, -0.25) is 0 Å². The fourth-order valence-corrected chi connectivity index (χ4v) is 3.23. The lowest BCUT2D eigenvalue weighted by atomic mass is 10.1. The van der Waals surface area contributed by atoms with Crippen molar-refractivity contribution < 1.29 is 4.42 Å². The van der Waals surface area contributed by atoms with E-state index in [0.717, 1.165) is 27.2 Å². The smallest absolute Gasteiger partial charge is 0.196 e. The fourth-order valence-electron chi connectivity index (χ4n) is 2.18. The molecule has 3 aromatic rings. The zero-order valence-corrected chi connectivity index (χ0v) is 13.3. The predicted molar refractivity (Wildman–Crippen MR) is 85.6 cm³/mol. The molecule has 0 aliphatic carbocycles. The summed E-state index contributed by atoms with van der Waals surface area (Å²) >= 11 is 10.0. The number of para-hydroxylation sites is 2. The maximum absolute atomic E-state index is 6.35. The first-order valence-electron chi connectivity index (χ1n) is 6.38. The minimum absolute atomic E-state index is 0.0861. The molecule has 0 N–H and O–H groups in total. The van der Waals surface area contributed by atoms with Crippen molar-refractivity contribution in [2.75, 3.05) is 0 Å². The van der Waals surface area contributed by atoms with Crippen LogP contribution in [0.1, 0.15) is 21.8 Å². The van der Waals surface area contributed by atoms with E-state index >= 15 is 0 Å². The molecule has 0 saturated heterocycles. The van der Waals surface area contributed by atoms with E-state index in [2.05, 4.69) is 20.9 Å². The molecule has 0 aliphatic heterocycles. The van der Waals surface area contributed by atoms with E-state index in [1.54, 1.807) is 0 Å². The third-order valence-electron chi connectivity index (χ3n) is 3.25. The predicted octanol–water partition coefficient (Wildman–Crippen LogP) is 5.47. The van der Waals surface area contributed by atoms with Crippen LogP contribution in [0.25, 0.3) is 11.1 Å². The Balaban J connectivity index is 1.88. The van der Waals surface area contributed by atoms with Crippen LogP contribution < -0.4 is 0 Å². The Bertz CT molecular complexity index is 720. The summed E-state index contributed by atoms with van der Waals surface area (Å²) in [7, 11) is 0. The average Bonchev–Trinajstić information content (AvgIpc) is 2.83. The molecule has 1 atom stereocenters. The molecule has 1 aromatic heterocycles. The van der Waals surface area contributed by atoms with Crippen LogP contribution in [0, 0.1) is 6.92 Å². The maximum Gasteiger partial charge on any atom is 0.196 e. The monoisotopic (exact) mass is 349 g/mol. The SMILES string of the molecule is Cc1cccc(C(Br)Cc2nc3ccccc3o2)c1Cl. The second-order valence-electron chi connectivity index (χ2n) is 4.73. The van der Waals surface area contributed by atoms with E-state index in [1.165, 1.54) is 0 Å². The number of rotatable bonds is 3. The average molecular weight is 351 g/mol. The lowest BCUT2D eigenvalue weighted by Gasteiger charge is -2.11. The molecule has 0 radical (unpaired) electrons. The molecule has 0 aliphatic rings. The summed E-state index contributed by atoms with van der Waals surface area (Å²) in [5, 5.41) is 0.797. The number of aromatic nitrogens is 1. The minimum atomic E-state index is 0.0861. The normalized spacial score (nSPS) is 12.8. The van der Waals surface area contributed by atoms with Crippen molar-refractivity contribution in [1.82, 2.24) is 4.98 Å². The van der Waals surface area contributed by atoms with Crippen molar-refractivity contribution in [2.24, 2.45) is 0 Å². The van der Waals surface area contributed by atoms with Gasteiger partial charge >= 0.3 is 0 Å². The maximum atomic E-state index is 6.35. The Hall–Kier alpha value is -1.32. The summed E-state index contributed by atoms with van der Waals surface area (Å²) in [5.41, 5.74) is 3.84. The summed E-state index contributed by atoms with van der Waals surface area (Å²) in [6, 6.07) is 13.8. The Morgan fingerprint density at radius 2 is 2.00 bits per heavy atom. The Morgan fingerprint density at radius 3 is 2.80 bits per heavy atom. The number of aryl methyl sites for hydroxylation is 1. The number of nitrogens with zero attached hydrogens (tertiary/aromatic N) is 1. The number of fused-ring (bicyclic) bond motifs is 1. The highest BCUT2D eigenvalue weighted by molar-refractivity contribution is 9.09. The van der Waals surface area contributed by atoms with Gasteiger partial charge in [0, 0.05) is 16.3 Å². The summed E-state index contributed by atoms with van der Waals surface area (Å²) < 4.78 is 5.75. The first-order chi connectivity index (χ1) is 9.65. The third-order valence-corrected chi connectivity index (χ3v) is 4.58. The fraction of sp³-hybridized carbons (Fsp3) is 0.188. The lowest BCUT2D eigenvalue weighted by molar-refractivity contribution is 0.527. The quantitative estimate of drug-likeness (QED) is 0.586. The van der Waals surface area contributed by atoms with Crippen LogP contribution in [0.2, 0.25) is 5.02 Å². The number of hydrogen-bond donors (Lipinski definition) is 0. The summed E-state index contributed by atoms with van der Waals surface area (Å²) in [6.45, 7) is 2.00. The van der Waals surface area contributed by atoms with Gasteiger partial charge in [-0.05, 0) is 30.2 Å². The van der Waals surface area contributed by atoms with E-state index in [4.69, 9.17) is 16.0 Å². The van der Waals surface area contributed by atoms with Crippen LogP contribution in [0.4, 0.5) is 0 Å². The zero-order chi connectivity index (χ0) is 14.1. The molecule has 0 amide bonds. The minimum Gasteiger partial charge on any atom is -0.441 e. The number of oxazole rings is 1. The van der Waals surface area contributed by atoms with Crippen LogP contribution in [0.15, 0.2) is 46.9 Å². The van der Waals surface area contributed by atoms with E-state index in [1.807, 2.05) is 49.4 Å². The van der Waals surface area contributed by atoms with Crippen LogP contribution in [0.5, 0.6) is 0 Å². The van der Waals surface area contributed by atoms with E-state index < -0.39 is 0 Å². The molecule has 1 heterocycles. The van der Waals surface area contributed by atoms with Gasteiger partial charge in [-0.1, -0.05) is 57.9 Å². The van der Waals surface area contributed by atoms with Gasteiger partial charge < -0.3 is 4.42 Å². The molecule has 0 spiro atoms. The number of halogens is 2. The summed E-state index contributed by atoms with van der Waals surface area (Å²) in [6.07, 6.45) is 0.665. The molecule has 2 nitrogen and oxygen atoms in total. The van der Waals surface area contributed by atoms with Crippen LogP contribution in [-0.2, 0) is 6.42 Å². The number of benzene rings is 2. The van der Waals surface area contributed by atoms with E-state index in [-0.39, 0.29) is 4.83 Å². The first kappa shape index (κ1) is 13.7. The van der Waals surface area contributed by atoms with Crippen molar-refractivity contribution in [3.63, 3.8) is 0 Å². The molecule has 0 saturated carbocycles. The van der Waals surface area contributed by atoms with Gasteiger partial charge in [0.05, 0.1) is 0 Å². The van der Waals surface area contributed by atoms with E-state index in [0.29, 0.717) is 12.3 Å². The third kappa shape index (κ3) is 2.60. The largest absolute Gasteiger partial charge is 0.441 e. The second-order valence-corrected chi connectivity index (χ2v) is 6.21. The van der Waals surface area contributed by atoms with E-state index in [9.17, 15) is 0 Å². The molecule has 102 valence electrons. The van der Waals surface area contributed by atoms with Crippen molar-refractivity contribution in [3.05, 3.63) is 64.5 Å². The zero-order valence-electron chi connectivity index (χ0n) is 10.9. The topological polar surface area (TPSA) is 26.0 Å². The van der Waals surface area contributed by atoms with Gasteiger partial charge in [-0.15, -0.1) is 0 Å². The van der Waals surface area contributed by atoms with Gasteiger partial charge in [-0.2, -0.15) is 0 Å². The van der Waals surface area contributed by atoms with Crippen LogP contribution in [-0.4, -0.2) is 4.98 Å². The van der Waals surface area contributed by atoms with Gasteiger partial charge in [0.25, 0.3) is 0 Å². The molecule has 20 heavy (non-hydrogen) atoms. The standard InChI is InChI=1S/C16H13BrClNO/c1-10-5-4-6-11(16(10)18)12(17)9-15-19-13-7-2-3-8-14(13)20-15/h2-8,12H,9H2,1H3. The number of hydrogen-bond acceptors (Lipinski definition) is 2. The summed E-state index contributed by atoms with van der Waals surface area (Å²) in [4.78, 5) is 4.58. The first-order valence-corrected chi connectivity index (χ1v) is 7.68. The van der Waals surface area contributed by atoms with Gasteiger partial charge in [0.1, 0.15) is 5.52 Å². The van der Waals surface area contributed by atoms with Gasteiger partial charge in [0.15, 0.2) is 11.5 Å². The highest BCUT2D eigenvalue weighted by atomic mass is 79.9. The molecular formula is C16H13BrClNO. The van der Waals surface area contributed by atoms with Crippen molar-refractivity contribution >= 4 is 38.6 Å². The molecular weight excluding hydrogens is 338 g/mol. The lowest BCUT2D eigenvalue weighted by Crippen LogP contribution is -1.97. The van der Waals surface area contributed by atoms with Crippen molar-refractivity contribution in [2.45, 2.75) is 18.2 Å². The Morgan fingerprint density at radius 1 is 1.20 bits per heavy atom. The van der Waals surface area contributed by atoms with Gasteiger partial charge in [0.2, 0.25) is 0 Å².